The minimum Gasteiger partial charge on any atom is -0.338 e. The number of hydrogen-bond acceptors (Lipinski definition) is 3. The second-order valence-electron chi connectivity index (χ2n) is 8.06. The molecule has 0 spiro atoms. The molecule has 1 unspecified atom stereocenters. The summed E-state index contributed by atoms with van der Waals surface area (Å²) in [6.45, 7) is 4.51. The highest BCUT2D eigenvalue weighted by Crippen LogP contribution is 2.24. The zero-order valence-corrected chi connectivity index (χ0v) is 17.9. The van der Waals surface area contributed by atoms with Crippen molar-refractivity contribution >= 4 is 29.1 Å². The summed E-state index contributed by atoms with van der Waals surface area (Å²) in [5, 5.41) is 5.53. The Hall–Kier alpha value is -3.22. The smallest absolute Gasteiger partial charge is 0.253 e. The highest BCUT2D eigenvalue weighted by Gasteiger charge is 2.25. The Morgan fingerprint density at radius 2 is 1.84 bits per heavy atom. The zero-order valence-electron chi connectivity index (χ0n) is 17.9. The van der Waals surface area contributed by atoms with E-state index in [1.807, 2.05) is 4.90 Å². The summed E-state index contributed by atoms with van der Waals surface area (Å²) in [7, 11) is 0. The van der Waals surface area contributed by atoms with Crippen molar-refractivity contribution in [1.29, 1.82) is 0 Å². The van der Waals surface area contributed by atoms with Gasteiger partial charge in [-0.25, -0.2) is 4.39 Å². The van der Waals surface area contributed by atoms with Gasteiger partial charge in [0.25, 0.3) is 5.91 Å². The van der Waals surface area contributed by atoms with E-state index in [1.165, 1.54) is 19.1 Å². The fourth-order valence-electron chi connectivity index (χ4n) is 3.88. The molecule has 6 nitrogen and oxygen atoms in total. The molecule has 1 atom stereocenters. The Bertz CT molecular complexity index is 959. The van der Waals surface area contributed by atoms with E-state index in [0.717, 1.165) is 12.8 Å². The van der Waals surface area contributed by atoms with Crippen LogP contribution in [0.2, 0.25) is 0 Å². The molecule has 31 heavy (non-hydrogen) atoms. The minimum absolute atomic E-state index is 0.0366. The lowest BCUT2D eigenvalue weighted by atomic mass is 9.92. The molecule has 2 aromatic rings. The molecule has 3 rings (SSSR count). The van der Waals surface area contributed by atoms with Crippen LogP contribution in [0.15, 0.2) is 42.5 Å². The summed E-state index contributed by atoms with van der Waals surface area (Å²) in [5.74, 6) is -0.364. The van der Waals surface area contributed by atoms with Crippen molar-refractivity contribution in [3.63, 3.8) is 0 Å². The van der Waals surface area contributed by atoms with E-state index in [0.29, 0.717) is 48.4 Å². The molecular formula is C24H28FN3O3. The number of rotatable bonds is 6. The Kier molecular flexibility index (Phi) is 7.39. The van der Waals surface area contributed by atoms with Gasteiger partial charge in [-0.1, -0.05) is 0 Å². The van der Waals surface area contributed by atoms with Gasteiger partial charge in [0, 0.05) is 43.4 Å². The number of likely N-dealkylation sites (tertiary alicyclic amines) is 1. The van der Waals surface area contributed by atoms with Crippen molar-refractivity contribution in [2.75, 3.05) is 23.7 Å². The molecule has 7 heteroatoms. The van der Waals surface area contributed by atoms with Crippen LogP contribution in [-0.4, -0.2) is 35.7 Å². The van der Waals surface area contributed by atoms with Crippen molar-refractivity contribution in [1.82, 2.24) is 4.90 Å². The lowest BCUT2D eigenvalue weighted by Crippen LogP contribution is -2.40. The van der Waals surface area contributed by atoms with Crippen LogP contribution in [0.3, 0.4) is 0 Å². The average Bonchev–Trinajstić information content (AvgIpc) is 2.74. The first-order valence-corrected chi connectivity index (χ1v) is 10.5. The molecule has 0 bridgehead atoms. The van der Waals surface area contributed by atoms with Crippen LogP contribution in [0.1, 0.15) is 48.5 Å². The quantitative estimate of drug-likeness (QED) is 0.722. The first-order valence-electron chi connectivity index (χ1n) is 10.5. The predicted molar refractivity (Wildman–Crippen MR) is 118 cm³/mol. The van der Waals surface area contributed by atoms with Crippen molar-refractivity contribution in [2.45, 2.75) is 39.5 Å². The van der Waals surface area contributed by atoms with Crippen LogP contribution in [0.4, 0.5) is 15.8 Å². The van der Waals surface area contributed by atoms with E-state index in [4.69, 9.17) is 0 Å². The highest BCUT2D eigenvalue weighted by atomic mass is 19.1. The summed E-state index contributed by atoms with van der Waals surface area (Å²) in [6, 6.07) is 11.2. The Morgan fingerprint density at radius 1 is 1.10 bits per heavy atom. The number of halogens is 1. The second-order valence-corrected chi connectivity index (χ2v) is 8.06. The standard InChI is InChI=1S/C24H28FN3O3/c1-16-14-20(25)8-11-22(16)27-23(30)12-5-18-4-3-13-28(15-18)24(31)19-6-9-21(10-7-19)26-17(2)29/h6-11,14,18H,3-5,12-13,15H2,1-2H3,(H,26,29)(H,27,30). The largest absolute Gasteiger partial charge is 0.338 e. The first-order chi connectivity index (χ1) is 14.8. The van der Waals surface area contributed by atoms with E-state index < -0.39 is 0 Å². The number of aryl methyl sites for hydroxylation is 1. The molecular weight excluding hydrogens is 397 g/mol. The fraction of sp³-hybridized carbons (Fsp3) is 0.375. The molecule has 3 amide bonds. The summed E-state index contributed by atoms with van der Waals surface area (Å²) in [5.41, 5.74) is 2.55. The molecule has 0 aliphatic carbocycles. The SMILES string of the molecule is CC(=O)Nc1ccc(C(=O)N2CCCC(CCC(=O)Nc3ccc(F)cc3C)C2)cc1. The molecule has 164 valence electrons. The van der Waals surface area contributed by atoms with Crippen molar-refractivity contribution in [3.8, 4) is 0 Å². The van der Waals surface area contributed by atoms with Crippen LogP contribution in [-0.2, 0) is 9.59 Å². The van der Waals surface area contributed by atoms with Crippen LogP contribution in [0, 0.1) is 18.7 Å². The van der Waals surface area contributed by atoms with Crippen molar-refractivity contribution in [3.05, 3.63) is 59.4 Å². The second kappa shape index (κ2) is 10.2. The van der Waals surface area contributed by atoms with Gasteiger partial charge in [0.15, 0.2) is 0 Å². The Morgan fingerprint density at radius 3 is 2.52 bits per heavy atom. The molecule has 1 saturated heterocycles. The van der Waals surface area contributed by atoms with E-state index in [2.05, 4.69) is 10.6 Å². The van der Waals surface area contributed by atoms with E-state index in [-0.39, 0.29) is 29.5 Å². The molecule has 1 aliphatic heterocycles. The molecule has 1 fully saturated rings. The molecule has 0 saturated carbocycles. The third-order valence-corrected chi connectivity index (χ3v) is 5.50. The maximum absolute atomic E-state index is 13.2. The molecule has 2 aromatic carbocycles. The number of piperidine rings is 1. The fourth-order valence-corrected chi connectivity index (χ4v) is 3.88. The summed E-state index contributed by atoms with van der Waals surface area (Å²) in [4.78, 5) is 38.1. The van der Waals surface area contributed by atoms with E-state index in [9.17, 15) is 18.8 Å². The monoisotopic (exact) mass is 425 g/mol. The van der Waals surface area contributed by atoms with Gasteiger partial charge in [-0.2, -0.15) is 0 Å². The van der Waals surface area contributed by atoms with Gasteiger partial charge in [-0.15, -0.1) is 0 Å². The van der Waals surface area contributed by atoms with Gasteiger partial charge >= 0.3 is 0 Å². The van der Waals surface area contributed by atoms with E-state index >= 15 is 0 Å². The number of carbonyl (C=O) groups excluding carboxylic acids is 3. The first kappa shape index (κ1) is 22.5. The maximum Gasteiger partial charge on any atom is 0.253 e. The number of hydrogen-bond donors (Lipinski definition) is 2. The molecule has 1 heterocycles. The van der Waals surface area contributed by atoms with Crippen LogP contribution in [0.25, 0.3) is 0 Å². The van der Waals surface area contributed by atoms with Crippen LogP contribution >= 0.6 is 0 Å². The molecule has 1 aliphatic rings. The van der Waals surface area contributed by atoms with Crippen molar-refractivity contribution in [2.24, 2.45) is 5.92 Å². The summed E-state index contributed by atoms with van der Waals surface area (Å²) in [6.07, 6.45) is 2.93. The molecule has 2 N–H and O–H groups in total. The van der Waals surface area contributed by atoms with Crippen LogP contribution < -0.4 is 10.6 Å². The zero-order chi connectivity index (χ0) is 22.4. The van der Waals surface area contributed by atoms with Gasteiger partial charge in [0.2, 0.25) is 11.8 Å². The van der Waals surface area contributed by atoms with Gasteiger partial charge < -0.3 is 15.5 Å². The lowest BCUT2D eigenvalue weighted by Gasteiger charge is -2.33. The molecule has 0 radical (unpaired) electrons. The Balaban J connectivity index is 1.51. The van der Waals surface area contributed by atoms with Gasteiger partial charge in [0.05, 0.1) is 0 Å². The number of amides is 3. The predicted octanol–water partition coefficient (Wildman–Crippen LogP) is 4.36. The maximum atomic E-state index is 13.2. The number of anilines is 2. The van der Waals surface area contributed by atoms with Gasteiger partial charge in [-0.3, -0.25) is 14.4 Å². The van der Waals surface area contributed by atoms with Gasteiger partial charge in [0.1, 0.15) is 5.82 Å². The van der Waals surface area contributed by atoms with Crippen molar-refractivity contribution < 1.29 is 18.8 Å². The van der Waals surface area contributed by atoms with Crippen LogP contribution in [0.5, 0.6) is 0 Å². The topological polar surface area (TPSA) is 78.5 Å². The minimum atomic E-state index is -0.327. The average molecular weight is 426 g/mol. The number of carbonyl (C=O) groups is 3. The third kappa shape index (κ3) is 6.38. The lowest BCUT2D eigenvalue weighted by molar-refractivity contribution is -0.116. The number of nitrogens with zero attached hydrogens (tertiary/aromatic N) is 1. The van der Waals surface area contributed by atoms with E-state index in [1.54, 1.807) is 37.3 Å². The number of benzene rings is 2. The van der Waals surface area contributed by atoms with Gasteiger partial charge in [-0.05, 0) is 80.1 Å². The number of nitrogens with one attached hydrogen (secondary N) is 2. The summed E-state index contributed by atoms with van der Waals surface area (Å²) >= 11 is 0. The highest BCUT2D eigenvalue weighted by molar-refractivity contribution is 5.95. The normalized spacial score (nSPS) is 16.0. The summed E-state index contributed by atoms with van der Waals surface area (Å²) < 4.78 is 13.2. The Labute approximate surface area is 181 Å². The third-order valence-electron chi connectivity index (χ3n) is 5.50. The molecule has 0 aromatic heterocycles.